The van der Waals surface area contributed by atoms with E-state index in [9.17, 15) is 14.5 Å². The maximum atomic E-state index is 13.4. The molecule has 23 heavy (non-hydrogen) atoms. The van der Waals surface area contributed by atoms with E-state index < -0.39 is 11.0 Å². The molecule has 0 N–H and O–H groups in total. The second kappa shape index (κ2) is 8.82. The van der Waals surface area contributed by atoms with E-state index in [2.05, 4.69) is 4.98 Å². The average molecular weight is 320 g/mol. The number of aryl methyl sites for hydroxylation is 1. The van der Waals surface area contributed by atoms with E-state index in [-0.39, 0.29) is 17.4 Å². The van der Waals surface area contributed by atoms with Crippen molar-refractivity contribution in [3.63, 3.8) is 0 Å². The number of ether oxygens (including phenoxy) is 1. The van der Waals surface area contributed by atoms with Crippen LogP contribution in [0.3, 0.4) is 0 Å². The van der Waals surface area contributed by atoms with Crippen molar-refractivity contribution in [2.75, 3.05) is 0 Å². The van der Waals surface area contributed by atoms with E-state index in [0.29, 0.717) is 12.0 Å². The molecular formula is C17H21FN2O3. The number of hydrogen-bond donors (Lipinski definition) is 0. The fourth-order valence-corrected chi connectivity index (χ4v) is 2.09. The quantitative estimate of drug-likeness (QED) is 0.575. The van der Waals surface area contributed by atoms with Gasteiger partial charge in [-0.2, -0.15) is 0 Å². The van der Waals surface area contributed by atoms with Crippen LogP contribution in [-0.2, 0) is 0 Å². The molecule has 0 spiro atoms. The molecule has 0 radical (unpaired) electrons. The molecule has 0 aliphatic rings. The topological polar surface area (TPSA) is 65.3 Å². The predicted molar refractivity (Wildman–Crippen MR) is 87.0 cm³/mol. The molecule has 2 rings (SSSR count). The zero-order valence-electron chi connectivity index (χ0n) is 13.7. The SMILES string of the molecule is CC.CCC(Oc1cccnc1[N+](=O)[O-])c1cc(F)ccc1C. The fourth-order valence-electron chi connectivity index (χ4n) is 2.09. The summed E-state index contributed by atoms with van der Waals surface area (Å²) in [5.74, 6) is -0.624. The third-order valence-electron chi connectivity index (χ3n) is 3.15. The Morgan fingerprint density at radius 1 is 1.35 bits per heavy atom. The van der Waals surface area contributed by atoms with Gasteiger partial charge in [0.1, 0.15) is 18.1 Å². The van der Waals surface area contributed by atoms with Crippen molar-refractivity contribution in [1.82, 2.24) is 4.98 Å². The lowest BCUT2D eigenvalue weighted by molar-refractivity contribution is -0.390. The Bertz CT molecular complexity index is 662. The molecule has 0 bridgehead atoms. The van der Waals surface area contributed by atoms with Crippen molar-refractivity contribution < 1.29 is 14.1 Å². The number of hydrogen-bond acceptors (Lipinski definition) is 4. The third kappa shape index (κ3) is 4.74. The first kappa shape index (κ1) is 18.5. The molecule has 0 amide bonds. The first-order valence-corrected chi connectivity index (χ1v) is 7.55. The second-order valence-electron chi connectivity index (χ2n) is 4.60. The number of aromatic nitrogens is 1. The van der Waals surface area contributed by atoms with Crippen molar-refractivity contribution in [3.8, 4) is 5.75 Å². The molecule has 1 unspecified atom stereocenters. The Morgan fingerprint density at radius 3 is 2.65 bits per heavy atom. The first-order chi connectivity index (χ1) is 11.0. The Kier molecular flexibility index (Phi) is 7.12. The summed E-state index contributed by atoms with van der Waals surface area (Å²) < 4.78 is 19.1. The average Bonchev–Trinajstić information content (AvgIpc) is 2.57. The van der Waals surface area contributed by atoms with Gasteiger partial charge in [0.05, 0.1) is 0 Å². The summed E-state index contributed by atoms with van der Waals surface area (Å²) in [5, 5.41) is 11.0. The van der Waals surface area contributed by atoms with Gasteiger partial charge in [-0.3, -0.25) is 0 Å². The molecule has 124 valence electrons. The first-order valence-electron chi connectivity index (χ1n) is 7.55. The van der Waals surface area contributed by atoms with Gasteiger partial charge in [0, 0.05) is 0 Å². The Labute approximate surface area is 135 Å². The molecule has 1 atom stereocenters. The summed E-state index contributed by atoms with van der Waals surface area (Å²) in [4.78, 5) is 14.1. The highest BCUT2D eigenvalue weighted by atomic mass is 19.1. The number of benzene rings is 1. The molecule has 1 aromatic heterocycles. The van der Waals surface area contributed by atoms with Crippen molar-refractivity contribution >= 4 is 5.82 Å². The maximum absolute atomic E-state index is 13.4. The van der Waals surface area contributed by atoms with Crippen LogP contribution in [0.15, 0.2) is 36.5 Å². The highest BCUT2D eigenvalue weighted by Gasteiger charge is 2.21. The van der Waals surface area contributed by atoms with Gasteiger partial charge >= 0.3 is 5.82 Å². The summed E-state index contributed by atoms with van der Waals surface area (Å²) in [6, 6.07) is 7.48. The normalized spacial score (nSPS) is 11.2. The molecule has 0 saturated heterocycles. The molecule has 1 heterocycles. The highest BCUT2D eigenvalue weighted by molar-refractivity contribution is 5.39. The fraction of sp³-hybridized carbons (Fsp3) is 0.353. The third-order valence-corrected chi connectivity index (χ3v) is 3.15. The smallest absolute Gasteiger partial charge is 0.406 e. The van der Waals surface area contributed by atoms with E-state index >= 15 is 0 Å². The van der Waals surface area contributed by atoms with Crippen LogP contribution in [0.1, 0.15) is 44.4 Å². The van der Waals surface area contributed by atoms with E-state index in [1.807, 2.05) is 27.7 Å². The van der Waals surface area contributed by atoms with Gasteiger partial charge in [0.25, 0.3) is 0 Å². The van der Waals surface area contributed by atoms with Crippen molar-refractivity contribution in [2.45, 2.75) is 40.2 Å². The van der Waals surface area contributed by atoms with E-state index in [1.165, 1.54) is 24.4 Å². The summed E-state index contributed by atoms with van der Waals surface area (Å²) in [7, 11) is 0. The maximum Gasteiger partial charge on any atom is 0.406 e. The zero-order chi connectivity index (χ0) is 17.4. The van der Waals surface area contributed by atoms with Crippen LogP contribution in [0.4, 0.5) is 10.2 Å². The van der Waals surface area contributed by atoms with E-state index in [1.54, 1.807) is 12.1 Å². The van der Waals surface area contributed by atoms with Crippen LogP contribution in [0, 0.1) is 22.9 Å². The van der Waals surface area contributed by atoms with Gasteiger partial charge < -0.3 is 14.9 Å². The Balaban J connectivity index is 0.00000127. The minimum Gasteiger partial charge on any atom is -0.477 e. The lowest BCUT2D eigenvalue weighted by atomic mass is 10.0. The number of pyridine rings is 1. The molecule has 0 fully saturated rings. The largest absolute Gasteiger partial charge is 0.477 e. The van der Waals surface area contributed by atoms with Crippen LogP contribution in [0.5, 0.6) is 5.75 Å². The minimum absolute atomic E-state index is 0.0815. The number of rotatable bonds is 5. The molecule has 0 aliphatic heterocycles. The minimum atomic E-state index is -0.597. The van der Waals surface area contributed by atoms with E-state index in [0.717, 1.165) is 5.56 Å². The molecule has 5 nitrogen and oxygen atoms in total. The molecule has 1 aromatic carbocycles. The Hall–Kier alpha value is -2.50. The molecule has 0 saturated carbocycles. The lowest BCUT2D eigenvalue weighted by Gasteiger charge is -2.19. The van der Waals surface area contributed by atoms with Crippen molar-refractivity contribution in [3.05, 3.63) is 63.6 Å². The number of halogens is 1. The summed E-state index contributed by atoms with van der Waals surface area (Å²) in [5.41, 5.74) is 1.55. The van der Waals surface area contributed by atoms with Crippen LogP contribution in [0.25, 0.3) is 0 Å². The second-order valence-corrected chi connectivity index (χ2v) is 4.60. The van der Waals surface area contributed by atoms with Gasteiger partial charge in [-0.05, 0) is 58.6 Å². The molecule has 6 heteroatoms. The zero-order valence-corrected chi connectivity index (χ0v) is 13.7. The molecule has 0 aliphatic carbocycles. The van der Waals surface area contributed by atoms with Crippen LogP contribution in [-0.4, -0.2) is 9.91 Å². The Morgan fingerprint density at radius 2 is 2.04 bits per heavy atom. The standard InChI is InChI=1S/C15H15FN2O3.C2H6/c1-3-13(12-9-11(16)7-6-10(12)2)21-14-5-4-8-17-15(14)18(19)20;1-2/h4-9,13H,3H2,1-2H3;1-2H3. The van der Waals surface area contributed by atoms with Crippen molar-refractivity contribution in [1.29, 1.82) is 0 Å². The molecule has 2 aromatic rings. The number of nitro groups is 1. The lowest BCUT2D eigenvalue weighted by Crippen LogP contribution is -2.10. The summed E-state index contributed by atoms with van der Waals surface area (Å²) in [6.07, 6.45) is 1.42. The molecular weight excluding hydrogens is 299 g/mol. The van der Waals surface area contributed by atoms with Crippen LogP contribution in [0.2, 0.25) is 0 Å². The van der Waals surface area contributed by atoms with Gasteiger partial charge in [0.2, 0.25) is 5.75 Å². The monoisotopic (exact) mass is 320 g/mol. The summed E-state index contributed by atoms with van der Waals surface area (Å²) >= 11 is 0. The van der Waals surface area contributed by atoms with Crippen molar-refractivity contribution in [2.24, 2.45) is 0 Å². The van der Waals surface area contributed by atoms with Gasteiger partial charge in [-0.15, -0.1) is 0 Å². The van der Waals surface area contributed by atoms with Gasteiger partial charge in [-0.25, -0.2) is 4.39 Å². The van der Waals surface area contributed by atoms with E-state index in [4.69, 9.17) is 4.74 Å². The van der Waals surface area contributed by atoms with Crippen LogP contribution < -0.4 is 4.74 Å². The number of nitrogens with zero attached hydrogens (tertiary/aromatic N) is 2. The van der Waals surface area contributed by atoms with Gasteiger partial charge in [-0.1, -0.05) is 26.8 Å². The van der Waals surface area contributed by atoms with Crippen LogP contribution >= 0.6 is 0 Å². The summed E-state index contributed by atoms with van der Waals surface area (Å²) in [6.45, 7) is 7.72. The predicted octanol–water partition coefficient (Wildman–Crippen LogP) is 4.99. The highest BCUT2D eigenvalue weighted by Crippen LogP contribution is 2.31. The van der Waals surface area contributed by atoms with Gasteiger partial charge in [0.15, 0.2) is 0 Å².